The van der Waals surface area contributed by atoms with Gasteiger partial charge in [-0.05, 0) is 63.8 Å². The Balaban J connectivity index is 0.00000288. The van der Waals surface area contributed by atoms with Crippen molar-refractivity contribution in [3.63, 3.8) is 0 Å². The van der Waals surface area contributed by atoms with E-state index >= 15 is 0 Å². The molecule has 1 saturated carbocycles. The second-order valence-corrected chi connectivity index (χ2v) is 6.68. The third kappa shape index (κ3) is 4.95. The molecule has 4 N–H and O–H groups in total. The van der Waals surface area contributed by atoms with Crippen LogP contribution < -0.4 is 16.4 Å². The summed E-state index contributed by atoms with van der Waals surface area (Å²) in [6, 6.07) is 5.52. The lowest BCUT2D eigenvalue weighted by atomic mass is 9.95. The van der Waals surface area contributed by atoms with Crippen LogP contribution in [0.25, 0.3) is 0 Å². The summed E-state index contributed by atoms with van der Waals surface area (Å²) < 4.78 is 0. The molecule has 0 radical (unpaired) electrons. The van der Waals surface area contributed by atoms with E-state index in [0.717, 1.165) is 24.8 Å². The molecule has 1 aliphatic carbocycles. The largest absolute Gasteiger partial charge is 0.350 e. The second kappa shape index (κ2) is 9.04. The van der Waals surface area contributed by atoms with E-state index in [1.807, 2.05) is 32.9 Å². The van der Waals surface area contributed by atoms with Gasteiger partial charge in [-0.15, -0.1) is 12.4 Å². The quantitative estimate of drug-likeness (QED) is 0.761. The van der Waals surface area contributed by atoms with Crippen molar-refractivity contribution < 1.29 is 9.59 Å². The number of halogens is 1. The van der Waals surface area contributed by atoms with Crippen molar-refractivity contribution in [1.82, 2.24) is 5.32 Å². The molecular formula is C18H28ClN3O2. The van der Waals surface area contributed by atoms with E-state index in [1.54, 1.807) is 6.07 Å². The summed E-state index contributed by atoms with van der Waals surface area (Å²) in [5.74, 6) is 0.143. The van der Waals surface area contributed by atoms with Gasteiger partial charge >= 0.3 is 0 Å². The van der Waals surface area contributed by atoms with Crippen molar-refractivity contribution >= 4 is 29.9 Å². The highest BCUT2D eigenvalue weighted by molar-refractivity contribution is 5.99. The van der Waals surface area contributed by atoms with Gasteiger partial charge in [-0.2, -0.15) is 0 Å². The van der Waals surface area contributed by atoms with Crippen LogP contribution in [-0.4, -0.2) is 24.4 Å². The number of rotatable bonds is 5. The van der Waals surface area contributed by atoms with Crippen LogP contribution in [-0.2, 0) is 4.79 Å². The Kier molecular flexibility index (Phi) is 7.70. The highest BCUT2D eigenvalue weighted by Gasteiger charge is 2.31. The zero-order chi connectivity index (χ0) is 17.0. The molecule has 2 rings (SSSR count). The molecule has 1 aromatic carbocycles. The number of aryl methyl sites for hydroxylation is 1. The third-order valence-electron chi connectivity index (χ3n) is 4.47. The Morgan fingerprint density at radius 1 is 1.29 bits per heavy atom. The Hall–Kier alpha value is -1.59. The van der Waals surface area contributed by atoms with Gasteiger partial charge in [-0.1, -0.05) is 12.5 Å². The van der Waals surface area contributed by atoms with Gasteiger partial charge in [-0.3, -0.25) is 9.59 Å². The van der Waals surface area contributed by atoms with Crippen LogP contribution in [0.4, 0.5) is 5.69 Å². The Labute approximate surface area is 150 Å². The van der Waals surface area contributed by atoms with Crippen molar-refractivity contribution in [3.05, 3.63) is 29.3 Å². The van der Waals surface area contributed by atoms with Gasteiger partial charge in [0.25, 0.3) is 5.91 Å². The summed E-state index contributed by atoms with van der Waals surface area (Å²) in [5, 5.41) is 5.83. The summed E-state index contributed by atoms with van der Waals surface area (Å²) in [4.78, 5) is 24.7. The normalized spacial score (nSPS) is 19.7. The number of benzene rings is 1. The first-order valence-corrected chi connectivity index (χ1v) is 8.34. The minimum atomic E-state index is -0.116. The van der Waals surface area contributed by atoms with E-state index < -0.39 is 0 Å². The predicted molar refractivity (Wildman–Crippen MR) is 99.5 cm³/mol. The van der Waals surface area contributed by atoms with E-state index in [1.165, 1.54) is 0 Å². The number of carbonyl (C=O) groups excluding carboxylic acids is 2. The van der Waals surface area contributed by atoms with Gasteiger partial charge in [0.1, 0.15) is 0 Å². The van der Waals surface area contributed by atoms with Gasteiger partial charge in [0.2, 0.25) is 5.91 Å². The number of nitrogens with one attached hydrogen (secondary N) is 2. The maximum atomic E-state index is 12.5. The monoisotopic (exact) mass is 353 g/mol. The van der Waals surface area contributed by atoms with Crippen molar-refractivity contribution in [1.29, 1.82) is 0 Å². The van der Waals surface area contributed by atoms with Crippen LogP contribution in [0.2, 0.25) is 0 Å². The highest BCUT2D eigenvalue weighted by Crippen LogP contribution is 2.32. The summed E-state index contributed by atoms with van der Waals surface area (Å²) in [6.07, 6.45) is 2.96. The number of hydrogen-bond acceptors (Lipinski definition) is 3. The zero-order valence-corrected chi connectivity index (χ0v) is 15.4. The SMILES string of the molecule is Cc1ccc(NC(=O)[C@@H]2CCC[C@@H]2CN)cc1C(=O)NC(C)C.Cl. The zero-order valence-electron chi connectivity index (χ0n) is 14.6. The topological polar surface area (TPSA) is 84.2 Å². The Morgan fingerprint density at radius 3 is 2.62 bits per heavy atom. The van der Waals surface area contributed by atoms with Crippen LogP contribution in [0, 0.1) is 18.8 Å². The number of anilines is 1. The highest BCUT2D eigenvalue weighted by atomic mass is 35.5. The fourth-order valence-electron chi connectivity index (χ4n) is 3.18. The molecule has 2 atom stereocenters. The molecule has 0 unspecified atom stereocenters. The molecular weight excluding hydrogens is 326 g/mol. The molecule has 0 spiro atoms. The van der Waals surface area contributed by atoms with Crippen LogP contribution in [0.15, 0.2) is 18.2 Å². The number of amides is 2. The smallest absolute Gasteiger partial charge is 0.251 e. The van der Waals surface area contributed by atoms with Gasteiger partial charge in [0, 0.05) is 23.2 Å². The minimum Gasteiger partial charge on any atom is -0.350 e. The second-order valence-electron chi connectivity index (χ2n) is 6.68. The average Bonchev–Trinajstić information content (AvgIpc) is 2.97. The van der Waals surface area contributed by atoms with E-state index in [9.17, 15) is 9.59 Å². The Bertz CT molecular complexity index is 590. The maximum absolute atomic E-state index is 12.5. The van der Waals surface area contributed by atoms with E-state index in [-0.39, 0.29) is 42.1 Å². The van der Waals surface area contributed by atoms with Crippen LogP contribution >= 0.6 is 12.4 Å². The van der Waals surface area contributed by atoms with E-state index in [4.69, 9.17) is 5.73 Å². The maximum Gasteiger partial charge on any atom is 0.251 e. The lowest BCUT2D eigenvalue weighted by molar-refractivity contribution is -0.120. The number of carbonyl (C=O) groups is 2. The summed E-state index contributed by atoms with van der Waals surface area (Å²) in [7, 11) is 0. The van der Waals surface area contributed by atoms with Crippen LogP contribution in [0.5, 0.6) is 0 Å². The van der Waals surface area contributed by atoms with Crippen molar-refractivity contribution in [2.45, 2.75) is 46.1 Å². The molecule has 5 nitrogen and oxygen atoms in total. The van der Waals surface area contributed by atoms with Crippen LogP contribution in [0.3, 0.4) is 0 Å². The lowest BCUT2D eigenvalue weighted by Gasteiger charge is -2.18. The molecule has 1 aromatic rings. The van der Waals surface area contributed by atoms with Crippen molar-refractivity contribution in [2.75, 3.05) is 11.9 Å². The van der Waals surface area contributed by atoms with Gasteiger partial charge in [0.05, 0.1) is 0 Å². The van der Waals surface area contributed by atoms with Crippen molar-refractivity contribution in [2.24, 2.45) is 17.6 Å². The molecule has 0 aromatic heterocycles. The van der Waals surface area contributed by atoms with Gasteiger partial charge in [-0.25, -0.2) is 0 Å². The molecule has 24 heavy (non-hydrogen) atoms. The molecule has 2 amide bonds. The minimum absolute atomic E-state index is 0. The first-order valence-electron chi connectivity index (χ1n) is 8.34. The van der Waals surface area contributed by atoms with E-state index in [2.05, 4.69) is 10.6 Å². The Morgan fingerprint density at radius 2 is 2.00 bits per heavy atom. The first-order chi connectivity index (χ1) is 10.9. The summed E-state index contributed by atoms with van der Waals surface area (Å²) >= 11 is 0. The average molecular weight is 354 g/mol. The predicted octanol–water partition coefficient (Wildman–Crippen LogP) is 2.87. The number of hydrogen-bond donors (Lipinski definition) is 3. The molecule has 0 bridgehead atoms. The fourth-order valence-corrected chi connectivity index (χ4v) is 3.18. The molecule has 6 heteroatoms. The third-order valence-corrected chi connectivity index (χ3v) is 4.47. The first kappa shape index (κ1) is 20.5. The molecule has 1 aliphatic rings. The van der Waals surface area contributed by atoms with Gasteiger partial charge < -0.3 is 16.4 Å². The molecule has 1 fully saturated rings. The lowest BCUT2D eigenvalue weighted by Crippen LogP contribution is -2.31. The molecule has 134 valence electrons. The summed E-state index contributed by atoms with van der Waals surface area (Å²) in [5.41, 5.74) is 7.90. The molecule has 0 aliphatic heterocycles. The van der Waals surface area contributed by atoms with Crippen molar-refractivity contribution in [3.8, 4) is 0 Å². The fraction of sp³-hybridized carbons (Fsp3) is 0.556. The number of nitrogens with two attached hydrogens (primary N) is 1. The van der Waals surface area contributed by atoms with E-state index in [0.29, 0.717) is 17.8 Å². The molecule has 0 saturated heterocycles. The van der Waals surface area contributed by atoms with Crippen LogP contribution in [0.1, 0.15) is 49.0 Å². The summed E-state index contributed by atoms with van der Waals surface area (Å²) in [6.45, 7) is 6.29. The standard InChI is InChI=1S/C18H27N3O2.ClH/c1-11(2)20-18(23)16-9-14(8-7-12(16)3)21-17(22)15-6-4-5-13(15)10-19;/h7-9,11,13,15H,4-6,10,19H2,1-3H3,(H,20,23)(H,21,22);1H/t13-,15-;/m1./s1. The van der Waals surface area contributed by atoms with Gasteiger partial charge in [0.15, 0.2) is 0 Å². The molecule has 0 heterocycles.